The van der Waals surface area contributed by atoms with Crippen molar-refractivity contribution in [3.8, 4) is 0 Å². The summed E-state index contributed by atoms with van der Waals surface area (Å²) in [5.41, 5.74) is 0. The van der Waals surface area contributed by atoms with Crippen LogP contribution in [0.3, 0.4) is 0 Å². The van der Waals surface area contributed by atoms with Crippen LogP contribution in [-0.2, 0) is 10.4 Å². The number of hydrogen-bond donors (Lipinski definition) is 2. The Morgan fingerprint density at radius 2 is 0.757 bits per heavy atom. The quantitative estimate of drug-likeness (QED) is 0.0478. The zero-order valence-electron chi connectivity index (χ0n) is 25.9. The second-order valence-electron chi connectivity index (χ2n) is 11.0. The van der Waals surface area contributed by atoms with Crippen LogP contribution in [0.25, 0.3) is 0 Å². The average molecular weight is 583 g/mol. The summed E-state index contributed by atoms with van der Waals surface area (Å²) in [5.74, 6) is 0. The minimum Gasteiger partial charge on any atom is -0.343 e. The maximum Gasteiger partial charge on any atom is 1.00 e. The molecule has 0 unspecified atom stereocenters. The largest absolute Gasteiger partial charge is 1.00 e. The van der Waals surface area contributed by atoms with Crippen LogP contribution in [0.4, 0.5) is 0 Å². The number of nitrogens with zero attached hydrogens (tertiary/aromatic N) is 1. The van der Waals surface area contributed by atoms with Gasteiger partial charge in [0.05, 0.1) is 27.7 Å². The summed E-state index contributed by atoms with van der Waals surface area (Å²) in [6.07, 6.45) is 31.3. The molecule has 0 heterocycles. The van der Waals surface area contributed by atoms with Crippen molar-refractivity contribution >= 4 is 22.8 Å². The Bertz CT molecular complexity index is 471. The Morgan fingerprint density at radius 3 is 0.973 bits per heavy atom. The molecule has 0 radical (unpaired) electrons. The van der Waals surface area contributed by atoms with Crippen LogP contribution in [0.2, 0.25) is 0 Å². The molecule has 5 nitrogen and oxygen atoms in total. The third kappa shape index (κ3) is 72.6. The second-order valence-corrected chi connectivity index (χ2v) is 11.9. The molecule has 0 atom stereocenters. The van der Waals surface area contributed by atoms with E-state index in [4.69, 9.17) is 17.5 Å². The first-order chi connectivity index (χ1) is 16.5. The number of hydrogen-bond acceptors (Lipinski definition) is 2. The topological polar surface area (TPSA) is 74.6 Å². The summed E-state index contributed by atoms with van der Waals surface area (Å²) in [7, 11) is 2.20. The van der Waals surface area contributed by atoms with Crippen molar-refractivity contribution in [2.45, 2.75) is 155 Å². The van der Waals surface area contributed by atoms with E-state index in [2.05, 4.69) is 41.9 Å². The van der Waals surface area contributed by atoms with Gasteiger partial charge in [0.2, 0.25) is 0 Å². The fourth-order valence-electron chi connectivity index (χ4n) is 3.91. The molecule has 0 aliphatic carbocycles. The minimum atomic E-state index is -4.67. The molecule has 0 saturated heterocycles. The molecule has 0 aliphatic rings. The van der Waals surface area contributed by atoms with Gasteiger partial charge >= 0.3 is 40.0 Å². The van der Waals surface area contributed by atoms with Crippen LogP contribution in [0.5, 0.6) is 0 Å². The van der Waals surface area contributed by atoms with Crippen molar-refractivity contribution in [2.24, 2.45) is 0 Å². The van der Waals surface area contributed by atoms with Crippen molar-refractivity contribution in [2.75, 3.05) is 27.7 Å². The molecule has 0 aromatic heterocycles. The summed E-state index contributed by atoms with van der Waals surface area (Å²) in [6.45, 7) is 9.74. The van der Waals surface area contributed by atoms with Gasteiger partial charge in [-0.1, -0.05) is 136 Å². The molecule has 0 spiro atoms. The molecule has 0 amide bonds. The smallest absolute Gasteiger partial charge is 0.343 e. The number of quaternary nitrogens is 1. The summed E-state index contributed by atoms with van der Waals surface area (Å²) in [4.78, 5) is 0. The van der Waals surface area contributed by atoms with Crippen molar-refractivity contribution < 1.29 is 51.6 Å². The van der Waals surface area contributed by atoms with Gasteiger partial charge in [-0.3, -0.25) is 9.11 Å². The van der Waals surface area contributed by atoms with Crippen molar-refractivity contribution in [1.29, 1.82) is 0 Å². The molecule has 0 saturated carbocycles. The van der Waals surface area contributed by atoms with Gasteiger partial charge in [-0.15, -0.1) is 12.4 Å². The van der Waals surface area contributed by atoms with Crippen LogP contribution in [-0.4, -0.2) is 49.7 Å². The minimum absolute atomic E-state index is 0. The Balaban J connectivity index is -0.000000156. The van der Waals surface area contributed by atoms with Crippen LogP contribution < -0.4 is 29.6 Å². The van der Waals surface area contributed by atoms with Gasteiger partial charge in [-0.2, -0.15) is 14.8 Å². The first-order valence-electron chi connectivity index (χ1n) is 14.8. The zero-order chi connectivity index (χ0) is 27.3. The summed E-state index contributed by atoms with van der Waals surface area (Å²) in [5, 5.41) is 0. The summed E-state index contributed by atoms with van der Waals surface area (Å²) in [6, 6.07) is 0. The van der Waals surface area contributed by atoms with Gasteiger partial charge in [0.1, 0.15) is 0 Å². The molecule has 0 aliphatic heterocycles. The molecule has 0 fully saturated rings. The molecule has 0 bridgehead atoms. The molecule has 8 heteroatoms. The fraction of sp³-hybridized carbons (Fsp3) is 0.966. The molecule has 37 heavy (non-hydrogen) atoms. The monoisotopic (exact) mass is 582 g/mol. The van der Waals surface area contributed by atoms with Gasteiger partial charge in [0, 0.05) is 0 Å². The van der Waals surface area contributed by atoms with Gasteiger partial charge < -0.3 is 11.4 Å². The van der Waals surface area contributed by atoms with Gasteiger partial charge in [0.25, 0.3) is 0 Å². The van der Waals surface area contributed by atoms with E-state index in [0.717, 1.165) is 10.9 Å². The molecule has 224 valence electrons. The normalized spacial score (nSPS) is 10.8. The van der Waals surface area contributed by atoms with E-state index in [-0.39, 0.29) is 42.0 Å². The maximum absolute atomic E-state index is 8.74. The third-order valence-corrected chi connectivity index (χ3v) is 6.04. The fourth-order valence-corrected chi connectivity index (χ4v) is 3.91. The van der Waals surface area contributed by atoms with E-state index in [0.29, 0.717) is 0 Å². The molecular weight excluding hydrogens is 517 g/mol. The number of unbranched alkanes of at least 4 members (excludes halogenated alkanes) is 20. The van der Waals surface area contributed by atoms with Crippen LogP contribution in [0, 0.1) is 6.92 Å². The standard InChI is InChI=1S/C17H38N.C12H25.ClH.Na.H2O4S/c1-5-6-7-8-9-10-11-12-13-14-15-16-17-18(2,3)4;1-3-5-7-9-11-12-10-8-6-4-2;;;1-5(2,3)4/h5-17H2,1-4H3;1,3-12H2,2H3;1H;;(H2,1,2,3,4)/q+1;-1;;+1;. The Kier molecular flexibility index (Phi) is 48.0. The molecule has 0 rings (SSSR count). The van der Waals surface area contributed by atoms with Gasteiger partial charge in [0.15, 0.2) is 0 Å². The Hall–Kier alpha value is 1.12. The number of rotatable bonds is 22. The van der Waals surface area contributed by atoms with E-state index in [1.807, 2.05) is 0 Å². The van der Waals surface area contributed by atoms with E-state index < -0.39 is 10.4 Å². The molecule has 0 aromatic rings. The van der Waals surface area contributed by atoms with Gasteiger partial charge in [-0.25, -0.2) is 0 Å². The predicted molar refractivity (Wildman–Crippen MR) is 163 cm³/mol. The van der Waals surface area contributed by atoms with Crippen molar-refractivity contribution in [1.82, 2.24) is 0 Å². The van der Waals surface area contributed by atoms with Gasteiger partial charge in [-0.05, 0) is 12.8 Å². The van der Waals surface area contributed by atoms with E-state index >= 15 is 0 Å². The Morgan fingerprint density at radius 1 is 0.541 bits per heavy atom. The summed E-state index contributed by atoms with van der Waals surface area (Å²) >= 11 is 0. The molecule has 0 aromatic carbocycles. The third-order valence-electron chi connectivity index (χ3n) is 6.04. The number of halogens is 1. The molecule has 2 N–H and O–H groups in total. The average Bonchev–Trinajstić information content (AvgIpc) is 2.75. The van der Waals surface area contributed by atoms with Crippen LogP contribution >= 0.6 is 12.4 Å². The van der Waals surface area contributed by atoms with Crippen LogP contribution in [0.15, 0.2) is 0 Å². The van der Waals surface area contributed by atoms with E-state index in [1.165, 1.54) is 141 Å². The zero-order valence-corrected chi connectivity index (χ0v) is 29.6. The van der Waals surface area contributed by atoms with Crippen molar-refractivity contribution in [3.63, 3.8) is 0 Å². The maximum atomic E-state index is 8.74. The second kappa shape index (κ2) is 37.1. The van der Waals surface area contributed by atoms with E-state index in [1.54, 1.807) is 0 Å². The summed E-state index contributed by atoms with van der Waals surface area (Å²) < 4.78 is 32.7. The van der Waals surface area contributed by atoms with E-state index in [9.17, 15) is 0 Å². The first kappa shape index (κ1) is 47.9. The predicted octanol–water partition coefficient (Wildman–Crippen LogP) is 6.91. The SMILES string of the molecule is CCCCCCCCCCCCCC[N+](C)(C)C.Cl.O=S(=O)(O)O.[CH2-]CCCCCCCCCCC.[Na+]. The molecular formula is C29H66ClNNaO4S+. The van der Waals surface area contributed by atoms with Crippen molar-refractivity contribution in [3.05, 3.63) is 6.92 Å². The Labute approximate surface area is 262 Å². The van der Waals surface area contributed by atoms with Crippen LogP contribution in [0.1, 0.15) is 155 Å². The first-order valence-corrected chi connectivity index (χ1v) is 16.2.